The highest BCUT2D eigenvalue weighted by Crippen LogP contribution is 2.61. The Morgan fingerprint density at radius 1 is 0.479 bits per heavy atom. The van der Waals surface area contributed by atoms with E-state index in [4.69, 9.17) is 23.6 Å². The molecule has 0 radical (unpaired) electrons. The molecule has 5 aromatic carbocycles. The summed E-state index contributed by atoms with van der Waals surface area (Å²) in [5, 5.41) is 7.16. The highest BCUT2D eigenvalue weighted by atomic mass is 32.4. The van der Waals surface area contributed by atoms with Gasteiger partial charge in [0.2, 0.25) is 0 Å². The lowest BCUT2D eigenvalue weighted by Crippen LogP contribution is -2.46. The molecule has 0 saturated carbocycles. The van der Waals surface area contributed by atoms with Crippen LogP contribution < -0.4 is 36.7 Å². The van der Waals surface area contributed by atoms with Crippen molar-refractivity contribution in [2.24, 2.45) is 0 Å². The number of pyridine rings is 2. The number of rotatable bonds is 4. The summed E-state index contributed by atoms with van der Waals surface area (Å²) in [7, 11) is 0. The van der Waals surface area contributed by atoms with Crippen LogP contribution in [0.25, 0.3) is 22.3 Å². The lowest BCUT2D eigenvalue weighted by molar-refractivity contribution is 1.30. The summed E-state index contributed by atoms with van der Waals surface area (Å²) in [5.41, 5.74) is 8.97. The van der Waals surface area contributed by atoms with Crippen molar-refractivity contribution >= 4 is 84.6 Å². The number of benzene rings is 5. The van der Waals surface area contributed by atoms with Gasteiger partial charge < -0.3 is 4.90 Å². The van der Waals surface area contributed by atoms with Gasteiger partial charge in [-0.2, -0.15) is 0 Å². The van der Waals surface area contributed by atoms with Crippen LogP contribution in [0.4, 0.5) is 17.1 Å². The predicted octanol–water partition coefficient (Wildman–Crippen LogP) is 7.73. The normalized spacial score (nSPS) is 18.8. The summed E-state index contributed by atoms with van der Waals surface area (Å²) >= 11 is 14.2. The molecule has 0 bridgehead atoms. The molecule has 9 rings (SSSR count). The topological polar surface area (TPSA) is 29.0 Å². The first-order valence-electron chi connectivity index (χ1n) is 15.9. The maximum atomic E-state index is 7.10. The number of fused-ring (bicyclic) bond motifs is 4. The van der Waals surface area contributed by atoms with Crippen molar-refractivity contribution in [2.75, 3.05) is 4.90 Å². The Balaban J connectivity index is 1.42. The molecule has 0 saturated heterocycles. The first kappa shape index (κ1) is 29.6. The summed E-state index contributed by atoms with van der Waals surface area (Å²) in [6, 6.07) is 42.9. The minimum absolute atomic E-state index is 1.07. The molecule has 4 heterocycles. The van der Waals surface area contributed by atoms with Crippen molar-refractivity contribution in [3.8, 4) is 22.3 Å². The van der Waals surface area contributed by atoms with Crippen molar-refractivity contribution in [2.45, 2.75) is 6.92 Å². The van der Waals surface area contributed by atoms with Gasteiger partial charge in [-0.1, -0.05) is 109 Å². The van der Waals surface area contributed by atoms with Crippen molar-refractivity contribution in [1.29, 1.82) is 0 Å². The molecule has 2 aromatic heterocycles. The largest absolute Gasteiger partial charge is 0.308 e. The predicted molar refractivity (Wildman–Crippen MR) is 212 cm³/mol. The molecule has 2 aliphatic rings. The Labute approximate surface area is 291 Å². The van der Waals surface area contributed by atoms with Crippen molar-refractivity contribution in [1.82, 2.24) is 9.97 Å². The molecule has 2 atom stereocenters. The molecular weight excluding hydrogens is 661 g/mol. The van der Waals surface area contributed by atoms with Crippen LogP contribution in [-0.2, 0) is 23.6 Å². The van der Waals surface area contributed by atoms with E-state index in [1.165, 1.54) is 43.1 Å². The Morgan fingerprint density at radius 3 is 1.35 bits per heavy atom. The Bertz CT molecular complexity index is 2300. The van der Waals surface area contributed by atoms with E-state index in [9.17, 15) is 0 Å². The molecular formula is C41H29N3P2S2. The Morgan fingerprint density at radius 2 is 0.938 bits per heavy atom. The number of hydrogen-bond donors (Lipinski definition) is 0. The summed E-state index contributed by atoms with van der Waals surface area (Å²) < 4.78 is 0. The first-order chi connectivity index (χ1) is 23.5. The number of anilines is 3. The third-order valence-corrected chi connectivity index (χ3v) is 19.2. The molecule has 48 heavy (non-hydrogen) atoms. The SMILES string of the molecule is Cc1cc2c3c(c1)P(=S)(c1ccccc1)c1cc(-c4cccnc4)ccc1N3c1ccc(-c3cccnc3)cc1P2(=S)c1ccccc1. The van der Waals surface area contributed by atoms with E-state index < -0.39 is 12.1 Å². The van der Waals surface area contributed by atoms with Gasteiger partial charge in [-0.25, -0.2) is 0 Å². The fourth-order valence-corrected chi connectivity index (χ4v) is 16.1. The van der Waals surface area contributed by atoms with Gasteiger partial charge in [0.1, 0.15) is 0 Å². The van der Waals surface area contributed by atoms with Gasteiger partial charge in [-0.05, 0) is 82.8 Å². The molecule has 230 valence electrons. The van der Waals surface area contributed by atoms with E-state index >= 15 is 0 Å². The van der Waals surface area contributed by atoms with Crippen molar-refractivity contribution in [3.63, 3.8) is 0 Å². The van der Waals surface area contributed by atoms with Crippen molar-refractivity contribution in [3.05, 3.63) is 164 Å². The molecule has 0 spiro atoms. The average Bonchev–Trinajstić information content (AvgIpc) is 3.15. The zero-order valence-electron chi connectivity index (χ0n) is 26.1. The van der Waals surface area contributed by atoms with Crippen LogP contribution in [0.1, 0.15) is 5.56 Å². The number of hydrogen-bond acceptors (Lipinski definition) is 5. The van der Waals surface area contributed by atoms with Gasteiger partial charge in [-0.3, -0.25) is 9.97 Å². The molecule has 2 unspecified atom stereocenters. The Kier molecular flexibility index (Phi) is 6.97. The lowest BCUT2D eigenvalue weighted by atomic mass is 10.0. The third kappa shape index (κ3) is 4.32. The molecule has 0 amide bonds. The van der Waals surface area contributed by atoms with Crippen LogP contribution in [-0.4, -0.2) is 9.97 Å². The monoisotopic (exact) mass is 689 g/mol. The second-order valence-corrected chi connectivity index (χ2v) is 21.0. The second kappa shape index (κ2) is 11.3. The minimum Gasteiger partial charge on any atom is -0.308 e. The number of aromatic nitrogens is 2. The number of nitrogens with zero attached hydrogens (tertiary/aromatic N) is 3. The fraction of sp³-hybridized carbons (Fsp3) is 0.0244. The third-order valence-electron chi connectivity index (χ3n) is 9.46. The van der Waals surface area contributed by atoms with Gasteiger partial charge in [-0.15, -0.1) is 0 Å². The quantitative estimate of drug-likeness (QED) is 0.177. The molecule has 7 heteroatoms. The molecule has 0 fully saturated rings. The van der Waals surface area contributed by atoms with E-state index in [0.717, 1.165) is 33.6 Å². The zero-order valence-corrected chi connectivity index (χ0v) is 29.5. The van der Waals surface area contributed by atoms with Gasteiger partial charge in [0.25, 0.3) is 0 Å². The van der Waals surface area contributed by atoms with Crippen LogP contribution in [0, 0.1) is 6.92 Å². The summed E-state index contributed by atoms with van der Waals surface area (Å²) in [4.78, 5) is 11.3. The van der Waals surface area contributed by atoms with Gasteiger partial charge in [0.05, 0.1) is 17.1 Å². The smallest absolute Gasteiger partial charge is 0.0643 e. The lowest BCUT2D eigenvalue weighted by Gasteiger charge is -2.47. The van der Waals surface area contributed by atoms with Crippen LogP contribution in [0.15, 0.2) is 158 Å². The fourth-order valence-electron chi connectivity index (χ4n) is 7.27. The summed E-state index contributed by atoms with van der Waals surface area (Å²) in [6.45, 7) is 2.19. The van der Waals surface area contributed by atoms with Gasteiger partial charge >= 0.3 is 0 Å². The molecule has 2 aliphatic heterocycles. The van der Waals surface area contributed by atoms with Gasteiger partial charge in [0, 0.05) is 69.2 Å². The van der Waals surface area contributed by atoms with Crippen molar-refractivity contribution < 1.29 is 0 Å². The first-order valence-corrected chi connectivity index (χ1v) is 21.5. The van der Waals surface area contributed by atoms with E-state index in [2.05, 4.69) is 143 Å². The highest BCUT2D eigenvalue weighted by molar-refractivity contribution is 8.27. The van der Waals surface area contributed by atoms with Crippen LogP contribution >= 0.6 is 12.1 Å². The molecule has 3 nitrogen and oxygen atoms in total. The van der Waals surface area contributed by atoms with E-state index in [-0.39, 0.29) is 0 Å². The Hall–Kier alpha value is -4.50. The molecule has 0 N–H and O–H groups in total. The standard InChI is InChI=1S/C41H29N3P2S2/c1-28-22-39-41-40(23-28)46(48,34-14-6-3-7-15-34)38-25-30(32-11-9-21-43-27-32)17-19-36(38)44(41)35-18-16-29(31-10-8-20-42-26-31)24-37(35)45(39,47)33-12-4-2-5-13-33/h2-27H,1H3. The zero-order chi connectivity index (χ0) is 32.5. The number of aryl methyl sites for hydroxylation is 1. The van der Waals surface area contributed by atoms with E-state index in [1.54, 1.807) is 0 Å². The summed E-state index contributed by atoms with van der Waals surface area (Å²) in [5.74, 6) is 0. The van der Waals surface area contributed by atoms with E-state index in [0.29, 0.717) is 0 Å². The maximum Gasteiger partial charge on any atom is 0.0643 e. The molecule has 7 aromatic rings. The minimum atomic E-state index is -2.55. The van der Waals surface area contributed by atoms with E-state index in [1.807, 2.05) is 36.9 Å². The van der Waals surface area contributed by atoms with Gasteiger partial charge in [0.15, 0.2) is 0 Å². The van der Waals surface area contributed by atoms with Crippen LogP contribution in [0.2, 0.25) is 0 Å². The maximum absolute atomic E-state index is 7.10. The average molecular weight is 690 g/mol. The summed E-state index contributed by atoms with van der Waals surface area (Å²) in [6.07, 6.45) is 7.49. The highest BCUT2D eigenvalue weighted by Gasteiger charge is 2.46. The van der Waals surface area contributed by atoms with Crippen LogP contribution in [0.5, 0.6) is 0 Å². The molecule has 0 aliphatic carbocycles. The van der Waals surface area contributed by atoms with Crippen LogP contribution in [0.3, 0.4) is 0 Å². The second-order valence-electron chi connectivity index (χ2n) is 12.3.